The van der Waals surface area contributed by atoms with E-state index in [-0.39, 0.29) is 24.2 Å². The van der Waals surface area contributed by atoms with Gasteiger partial charge in [-0.05, 0) is 24.0 Å². The van der Waals surface area contributed by atoms with E-state index in [0.717, 1.165) is 11.1 Å². The van der Waals surface area contributed by atoms with Gasteiger partial charge in [-0.1, -0.05) is 74.5 Å². The number of hydrogen-bond donors (Lipinski definition) is 0. The van der Waals surface area contributed by atoms with Gasteiger partial charge < -0.3 is 9.64 Å². The number of esters is 1. The van der Waals surface area contributed by atoms with Crippen LogP contribution in [0.4, 0.5) is 0 Å². The number of ether oxygens (including phenoxy) is 1. The first kappa shape index (κ1) is 21.7. The van der Waals surface area contributed by atoms with Crippen LogP contribution in [0.1, 0.15) is 50.7 Å². The van der Waals surface area contributed by atoms with Gasteiger partial charge in [-0.25, -0.2) is 0 Å². The van der Waals surface area contributed by atoms with Crippen molar-refractivity contribution in [3.05, 3.63) is 71.8 Å². The normalized spacial score (nSPS) is 10.9. The topological polar surface area (TPSA) is 46.6 Å². The van der Waals surface area contributed by atoms with Gasteiger partial charge in [-0.2, -0.15) is 0 Å². The van der Waals surface area contributed by atoms with Crippen molar-refractivity contribution in [3.63, 3.8) is 0 Å². The summed E-state index contributed by atoms with van der Waals surface area (Å²) in [4.78, 5) is 26.7. The first-order valence-electron chi connectivity index (χ1n) is 10.0. The highest BCUT2D eigenvalue weighted by Gasteiger charge is 2.23. The fraction of sp³-hybridized carbons (Fsp3) is 0.417. The maximum absolute atomic E-state index is 13.2. The van der Waals surface area contributed by atoms with E-state index >= 15 is 0 Å². The second-order valence-corrected chi connectivity index (χ2v) is 7.37. The minimum atomic E-state index is -0.258. The summed E-state index contributed by atoms with van der Waals surface area (Å²) in [7, 11) is 0. The Bertz CT molecular complexity index is 689. The van der Waals surface area contributed by atoms with Crippen molar-refractivity contribution < 1.29 is 14.3 Å². The van der Waals surface area contributed by atoms with Crippen LogP contribution >= 0.6 is 0 Å². The molecular weight excluding hydrogens is 350 g/mol. The van der Waals surface area contributed by atoms with E-state index in [4.69, 9.17) is 4.74 Å². The second kappa shape index (κ2) is 11.3. The SMILES string of the molecule is CCOC(=O)CCN(CC(C)C)C(=O)CC(c1ccccc1)c1ccccc1. The molecule has 0 unspecified atom stereocenters. The summed E-state index contributed by atoms with van der Waals surface area (Å²) >= 11 is 0. The lowest BCUT2D eigenvalue weighted by molar-refractivity contribution is -0.144. The molecule has 150 valence electrons. The van der Waals surface area contributed by atoms with Crippen LogP contribution in [0, 0.1) is 5.92 Å². The Kier molecular flexibility index (Phi) is 8.73. The maximum atomic E-state index is 13.2. The minimum absolute atomic E-state index is 0.00726. The molecule has 0 saturated heterocycles. The van der Waals surface area contributed by atoms with Crippen molar-refractivity contribution in [2.24, 2.45) is 5.92 Å². The molecule has 4 heteroatoms. The zero-order valence-electron chi connectivity index (χ0n) is 17.1. The van der Waals surface area contributed by atoms with Crippen LogP contribution in [-0.2, 0) is 14.3 Å². The van der Waals surface area contributed by atoms with Gasteiger partial charge in [0, 0.05) is 25.4 Å². The Hall–Kier alpha value is -2.62. The van der Waals surface area contributed by atoms with Crippen molar-refractivity contribution in [2.45, 2.75) is 39.5 Å². The number of amides is 1. The quantitative estimate of drug-likeness (QED) is 0.563. The maximum Gasteiger partial charge on any atom is 0.307 e. The summed E-state index contributed by atoms with van der Waals surface area (Å²) in [5, 5.41) is 0. The van der Waals surface area contributed by atoms with Gasteiger partial charge >= 0.3 is 5.97 Å². The van der Waals surface area contributed by atoms with Crippen molar-refractivity contribution >= 4 is 11.9 Å². The highest BCUT2D eigenvalue weighted by Crippen LogP contribution is 2.28. The highest BCUT2D eigenvalue weighted by molar-refractivity contribution is 5.78. The lowest BCUT2D eigenvalue weighted by Crippen LogP contribution is -2.37. The predicted octanol–water partition coefficient (Wildman–Crippen LogP) is 4.65. The molecule has 0 radical (unpaired) electrons. The third-order valence-corrected chi connectivity index (χ3v) is 4.61. The molecule has 0 aliphatic rings. The molecule has 2 aromatic rings. The molecule has 2 rings (SSSR count). The van der Waals surface area contributed by atoms with Gasteiger partial charge in [0.1, 0.15) is 0 Å². The Balaban J connectivity index is 2.17. The van der Waals surface area contributed by atoms with Gasteiger partial charge in [0.05, 0.1) is 13.0 Å². The monoisotopic (exact) mass is 381 g/mol. The molecule has 0 atom stereocenters. The lowest BCUT2D eigenvalue weighted by atomic mass is 9.88. The second-order valence-electron chi connectivity index (χ2n) is 7.37. The summed E-state index contributed by atoms with van der Waals surface area (Å²) in [6, 6.07) is 20.2. The Labute approximate surface area is 168 Å². The van der Waals surface area contributed by atoms with Crippen LogP contribution in [-0.4, -0.2) is 36.5 Å². The van der Waals surface area contributed by atoms with Gasteiger partial charge in [-0.15, -0.1) is 0 Å². The fourth-order valence-electron chi connectivity index (χ4n) is 3.32. The molecule has 0 aromatic heterocycles. The van der Waals surface area contributed by atoms with Gasteiger partial charge in [0.2, 0.25) is 5.91 Å². The van der Waals surface area contributed by atoms with Crippen LogP contribution in [0.3, 0.4) is 0 Å². The summed E-state index contributed by atoms with van der Waals surface area (Å²) < 4.78 is 5.02. The zero-order valence-corrected chi connectivity index (χ0v) is 17.1. The number of carbonyl (C=O) groups is 2. The molecule has 0 aliphatic heterocycles. The molecule has 0 aliphatic carbocycles. The first-order valence-corrected chi connectivity index (χ1v) is 10.0. The third-order valence-electron chi connectivity index (χ3n) is 4.61. The minimum Gasteiger partial charge on any atom is -0.466 e. The lowest BCUT2D eigenvalue weighted by Gasteiger charge is -2.27. The number of benzene rings is 2. The molecule has 4 nitrogen and oxygen atoms in total. The highest BCUT2D eigenvalue weighted by atomic mass is 16.5. The number of rotatable bonds is 10. The first-order chi connectivity index (χ1) is 13.5. The van der Waals surface area contributed by atoms with Gasteiger partial charge in [0.25, 0.3) is 0 Å². The Morgan fingerprint density at radius 1 is 0.929 bits per heavy atom. The van der Waals surface area contributed by atoms with Crippen molar-refractivity contribution in [3.8, 4) is 0 Å². The molecule has 0 spiro atoms. The average Bonchev–Trinajstić information content (AvgIpc) is 2.70. The van der Waals surface area contributed by atoms with Crippen molar-refractivity contribution in [1.82, 2.24) is 4.90 Å². The largest absolute Gasteiger partial charge is 0.466 e. The smallest absolute Gasteiger partial charge is 0.307 e. The molecule has 28 heavy (non-hydrogen) atoms. The van der Waals surface area contributed by atoms with Crippen LogP contribution in [0.5, 0.6) is 0 Å². The van der Waals surface area contributed by atoms with Crippen LogP contribution in [0.15, 0.2) is 60.7 Å². The standard InChI is InChI=1S/C24H31NO3/c1-4-28-24(27)15-16-25(18-19(2)3)23(26)17-22(20-11-7-5-8-12-20)21-13-9-6-10-14-21/h5-14,19,22H,4,15-18H2,1-3H3. The van der Waals surface area contributed by atoms with Crippen LogP contribution in [0.2, 0.25) is 0 Å². The van der Waals surface area contributed by atoms with Crippen LogP contribution < -0.4 is 0 Å². The molecule has 0 bridgehead atoms. The Morgan fingerprint density at radius 2 is 1.46 bits per heavy atom. The number of carbonyl (C=O) groups excluding carboxylic acids is 2. The molecule has 2 aromatic carbocycles. The third kappa shape index (κ3) is 6.84. The van der Waals surface area contributed by atoms with E-state index in [1.165, 1.54) is 0 Å². The fourth-order valence-corrected chi connectivity index (χ4v) is 3.32. The Morgan fingerprint density at radius 3 is 1.93 bits per heavy atom. The van der Waals surface area contributed by atoms with E-state index < -0.39 is 0 Å². The molecular formula is C24H31NO3. The van der Waals surface area contributed by atoms with E-state index in [9.17, 15) is 9.59 Å². The van der Waals surface area contributed by atoms with E-state index in [1.54, 1.807) is 11.8 Å². The molecule has 0 fully saturated rings. The summed E-state index contributed by atoms with van der Waals surface area (Å²) in [6.07, 6.45) is 0.608. The van der Waals surface area contributed by atoms with Crippen molar-refractivity contribution in [2.75, 3.05) is 19.7 Å². The van der Waals surface area contributed by atoms with Gasteiger partial charge in [0.15, 0.2) is 0 Å². The number of nitrogens with zero attached hydrogens (tertiary/aromatic N) is 1. The van der Waals surface area contributed by atoms with E-state index in [0.29, 0.717) is 32.0 Å². The molecule has 0 N–H and O–H groups in total. The average molecular weight is 382 g/mol. The summed E-state index contributed by atoms with van der Waals surface area (Å²) in [5.41, 5.74) is 2.24. The molecule has 0 heterocycles. The van der Waals surface area contributed by atoms with Gasteiger partial charge in [-0.3, -0.25) is 9.59 Å². The number of hydrogen-bond acceptors (Lipinski definition) is 3. The summed E-state index contributed by atoms with van der Waals surface area (Å²) in [6.45, 7) is 7.34. The molecule has 0 saturated carbocycles. The predicted molar refractivity (Wildman–Crippen MR) is 112 cm³/mol. The van der Waals surface area contributed by atoms with E-state index in [2.05, 4.69) is 38.1 Å². The van der Waals surface area contributed by atoms with Crippen LogP contribution in [0.25, 0.3) is 0 Å². The molecule has 1 amide bonds. The van der Waals surface area contributed by atoms with E-state index in [1.807, 2.05) is 36.4 Å². The zero-order chi connectivity index (χ0) is 20.4. The summed E-state index contributed by atoms with van der Waals surface area (Å²) in [5.74, 6) is 0.132. The van der Waals surface area contributed by atoms with Crippen molar-refractivity contribution in [1.29, 1.82) is 0 Å².